The van der Waals surface area contributed by atoms with Crippen LogP contribution in [0.1, 0.15) is 36.1 Å². The molecular formula is C20H26N6O2S. The number of hydrogen-bond acceptors (Lipinski definition) is 9. The first-order valence-corrected chi connectivity index (χ1v) is 11.0. The zero-order valence-corrected chi connectivity index (χ0v) is 17.6. The topological polar surface area (TPSA) is 88.3 Å². The molecule has 0 unspecified atom stereocenters. The van der Waals surface area contributed by atoms with Crippen molar-refractivity contribution in [3.8, 4) is 0 Å². The molecule has 0 saturated heterocycles. The van der Waals surface area contributed by atoms with Crippen molar-refractivity contribution in [1.82, 2.24) is 20.0 Å². The molecule has 0 atom stereocenters. The van der Waals surface area contributed by atoms with Crippen LogP contribution >= 0.6 is 11.3 Å². The molecule has 0 spiro atoms. The lowest BCUT2D eigenvalue weighted by Crippen LogP contribution is -2.36. The third-order valence-electron chi connectivity index (χ3n) is 5.92. The van der Waals surface area contributed by atoms with E-state index in [1.54, 1.807) is 23.8 Å². The molecule has 2 aliphatic rings. The Morgan fingerprint density at radius 1 is 1.17 bits per heavy atom. The molecule has 9 heteroatoms. The van der Waals surface area contributed by atoms with E-state index < -0.39 is 0 Å². The first-order valence-electron chi connectivity index (χ1n) is 10.2. The van der Waals surface area contributed by atoms with Crippen molar-refractivity contribution in [3.63, 3.8) is 0 Å². The van der Waals surface area contributed by atoms with Gasteiger partial charge >= 0.3 is 0 Å². The Morgan fingerprint density at radius 2 is 2.03 bits per heavy atom. The highest BCUT2D eigenvalue weighted by atomic mass is 32.1. The Balaban J connectivity index is 1.47. The SMILES string of the molecule is CN(C)C1CCC(Nc2nc(Nc3cnoc3)nc3sc4c(c23)CCOC4)CC1. The number of rotatable bonds is 5. The summed E-state index contributed by atoms with van der Waals surface area (Å²) in [7, 11) is 4.35. The Bertz CT molecular complexity index is 979. The number of fused-ring (bicyclic) bond motifs is 3. The first-order chi connectivity index (χ1) is 14.2. The number of anilines is 3. The maximum absolute atomic E-state index is 5.67. The van der Waals surface area contributed by atoms with Crippen LogP contribution in [0.15, 0.2) is 17.0 Å². The minimum Gasteiger partial charge on any atom is -0.376 e. The lowest BCUT2D eigenvalue weighted by atomic mass is 9.90. The van der Waals surface area contributed by atoms with Gasteiger partial charge in [-0.2, -0.15) is 4.98 Å². The van der Waals surface area contributed by atoms with Gasteiger partial charge < -0.3 is 24.8 Å². The fraction of sp³-hybridized carbons (Fsp3) is 0.550. The van der Waals surface area contributed by atoms with Gasteiger partial charge in [-0.15, -0.1) is 11.3 Å². The Labute approximate surface area is 173 Å². The molecule has 1 saturated carbocycles. The summed E-state index contributed by atoms with van der Waals surface area (Å²) in [5.74, 6) is 1.49. The van der Waals surface area contributed by atoms with E-state index in [4.69, 9.17) is 19.2 Å². The van der Waals surface area contributed by atoms with Crippen LogP contribution in [0.25, 0.3) is 10.2 Å². The molecule has 154 valence electrons. The summed E-state index contributed by atoms with van der Waals surface area (Å²) < 4.78 is 10.6. The maximum Gasteiger partial charge on any atom is 0.230 e. The van der Waals surface area contributed by atoms with Crippen LogP contribution < -0.4 is 10.6 Å². The van der Waals surface area contributed by atoms with Gasteiger partial charge in [0.15, 0.2) is 0 Å². The highest BCUT2D eigenvalue weighted by Crippen LogP contribution is 2.39. The van der Waals surface area contributed by atoms with Crippen LogP contribution in [0.2, 0.25) is 0 Å². The summed E-state index contributed by atoms with van der Waals surface area (Å²) in [5, 5.41) is 11.9. The molecule has 4 heterocycles. The van der Waals surface area contributed by atoms with Crippen molar-refractivity contribution in [2.24, 2.45) is 0 Å². The number of nitrogens with one attached hydrogen (secondary N) is 2. The van der Waals surface area contributed by atoms with Gasteiger partial charge in [-0.25, -0.2) is 4.98 Å². The van der Waals surface area contributed by atoms with Crippen molar-refractivity contribution in [2.45, 2.75) is 50.8 Å². The number of thiophene rings is 1. The van der Waals surface area contributed by atoms with E-state index in [1.165, 1.54) is 28.7 Å². The highest BCUT2D eigenvalue weighted by Gasteiger charge is 2.26. The van der Waals surface area contributed by atoms with Gasteiger partial charge in [0, 0.05) is 17.0 Å². The molecule has 0 radical (unpaired) electrons. The monoisotopic (exact) mass is 414 g/mol. The molecule has 0 aromatic carbocycles. The van der Waals surface area contributed by atoms with Crippen molar-refractivity contribution >= 4 is 39.0 Å². The molecule has 8 nitrogen and oxygen atoms in total. The molecule has 3 aromatic heterocycles. The molecule has 1 aliphatic carbocycles. The number of hydrogen-bond donors (Lipinski definition) is 2. The molecule has 1 fully saturated rings. The van der Waals surface area contributed by atoms with Gasteiger partial charge in [0.05, 0.1) is 24.8 Å². The van der Waals surface area contributed by atoms with E-state index in [0.29, 0.717) is 24.6 Å². The summed E-state index contributed by atoms with van der Waals surface area (Å²) in [6, 6.07) is 1.11. The number of nitrogens with zero attached hydrogens (tertiary/aromatic N) is 4. The second-order valence-corrected chi connectivity index (χ2v) is 9.12. The van der Waals surface area contributed by atoms with Gasteiger partial charge in [0.2, 0.25) is 5.95 Å². The van der Waals surface area contributed by atoms with E-state index >= 15 is 0 Å². The Kier molecular flexibility index (Phi) is 5.11. The van der Waals surface area contributed by atoms with Crippen molar-refractivity contribution in [1.29, 1.82) is 0 Å². The van der Waals surface area contributed by atoms with E-state index in [-0.39, 0.29) is 0 Å². The summed E-state index contributed by atoms with van der Waals surface area (Å²) in [4.78, 5) is 14.2. The zero-order chi connectivity index (χ0) is 19.8. The van der Waals surface area contributed by atoms with E-state index in [1.807, 2.05) is 0 Å². The fourth-order valence-corrected chi connectivity index (χ4v) is 5.47. The van der Waals surface area contributed by atoms with Crippen LogP contribution in [-0.4, -0.2) is 52.8 Å². The van der Waals surface area contributed by atoms with E-state index in [0.717, 1.165) is 42.2 Å². The average molecular weight is 415 g/mol. The van der Waals surface area contributed by atoms with Gasteiger partial charge in [0.25, 0.3) is 0 Å². The molecule has 1 aliphatic heterocycles. The minimum absolute atomic E-state index is 0.433. The predicted molar refractivity (Wildman–Crippen MR) is 114 cm³/mol. The third-order valence-corrected chi connectivity index (χ3v) is 7.02. The quantitative estimate of drug-likeness (QED) is 0.652. The zero-order valence-electron chi connectivity index (χ0n) is 16.8. The second-order valence-electron chi connectivity index (χ2n) is 8.03. The maximum atomic E-state index is 5.67. The lowest BCUT2D eigenvalue weighted by molar-refractivity contribution is 0.114. The minimum atomic E-state index is 0.433. The van der Waals surface area contributed by atoms with Crippen LogP contribution in [0, 0.1) is 0 Å². The Morgan fingerprint density at radius 3 is 2.79 bits per heavy atom. The van der Waals surface area contributed by atoms with Crippen LogP contribution in [0.4, 0.5) is 17.5 Å². The van der Waals surface area contributed by atoms with Gasteiger partial charge in [-0.05, 0) is 51.8 Å². The normalized spacial score (nSPS) is 22.0. The first kappa shape index (κ1) is 18.8. The average Bonchev–Trinajstić information content (AvgIpc) is 3.35. The molecule has 0 amide bonds. The number of ether oxygens (including phenoxy) is 1. The lowest BCUT2D eigenvalue weighted by Gasteiger charge is -2.33. The molecule has 3 aromatic rings. The predicted octanol–water partition coefficient (Wildman–Crippen LogP) is 3.78. The third kappa shape index (κ3) is 3.82. The Hall–Kier alpha value is -2.23. The second kappa shape index (κ2) is 7.89. The summed E-state index contributed by atoms with van der Waals surface area (Å²) >= 11 is 1.71. The van der Waals surface area contributed by atoms with Crippen molar-refractivity contribution < 1.29 is 9.26 Å². The van der Waals surface area contributed by atoms with Gasteiger partial charge in [0.1, 0.15) is 22.6 Å². The fourth-order valence-electron chi connectivity index (χ4n) is 4.31. The summed E-state index contributed by atoms with van der Waals surface area (Å²) in [6.45, 7) is 1.42. The van der Waals surface area contributed by atoms with Crippen LogP contribution in [0.5, 0.6) is 0 Å². The van der Waals surface area contributed by atoms with Crippen LogP contribution in [0.3, 0.4) is 0 Å². The van der Waals surface area contributed by atoms with Crippen LogP contribution in [-0.2, 0) is 17.8 Å². The van der Waals surface area contributed by atoms with Gasteiger partial charge in [-0.3, -0.25) is 0 Å². The smallest absolute Gasteiger partial charge is 0.230 e. The summed E-state index contributed by atoms with van der Waals surface area (Å²) in [6.07, 6.45) is 8.81. The van der Waals surface area contributed by atoms with Crippen molar-refractivity contribution in [2.75, 3.05) is 31.3 Å². The van der Waals surface area contributed by atoms with E-state index in [2.05, 4.69) is 34.8 Å². The number of aromatic nitrogens is 3. The highest BCUT2D eigenvalue weighted by molar-refractivity contribution is 7.19. The van der Waals surface area contributed by atoms with E-state index in [9.17, 15) is 0 Å². The molecule has 29 heavy (non-hydrogen) atoms. The summed E-state index contributed by atoms with van der Waals surface area (Å²) in [5.41, 5.74) is 2.09. The van der Waals surface area contributed by atoms with Crippen molar-refractivity contribution in [3.05, 3.63) is 22.9 Å². The van der Waals surface area contributed by atoms with Gasteiger partial charge in [-0.1, -0.05) is 5.16 Å². The molecule has 5 rings (SSSR count). The molecule has 2 N–H and O–H groups in total. The molecular weight excluding hydrogens is 388 g/mol. The largest absolute Gasteiger partial charge is 0.376 e. The standard InChI is InChI=1S/C20H26N6O2S/c1-26(2)14-5-3-12(4-6-14)22-18-17-15-7-8-27-11-16(15)29-19(17)25-20(24-18)23-13-9-21-28-10-13/h9-10,12,14H,3-8,11H2,1-2H3,(H2,22,23,24,25). The molecule has 0 bridgehead atoms.